The van der Waals surface area contributed by atoms with Gasteiger partial charge in [0.1, 0.15) is 6.34 Å². The molecule has 3 rings (SSSR count). The van der Waals surface area contributed by atoms with Crippen molar-refractivity contribution >= 4 is 18.0 Å². The van der Waals surface area contributed by atoms with Gasteiger partial charge < -0.3 is 0 Å². The van der Waals surface area contributed by atoms with Crippen LogP contribution in [0.25, 0.3) is 0 Å². The highest BCUT2D eigenvalue weighted by Crippen LogP contribution is 2.19. The summed E-state index contributed by atoms with van der Waals surface area (Å²) in [5.41, 5.74) is 2.28. The van der Waals surface area contributed by atoms with Gasteiger partial charge in [-0.15, -0.1) is 0 Å². The Balaban J connectivity index is 1.69. The van der Waals surface area contributed by atoms with Crippen molar-refractivity contribution in [2.75, 3.05) is 13.1 Å². The molecule has 0 spiro atoms. The van der Waals surface area contributed by atoms with Crippen molar-refractivity contribution < 1.29 is 4.79 Å². The average molecular weight is 241 g/mol. The molecule has 4 nitrogen and oxygen atoms in total. The molecule has 2 heterocycles. The number of likely N-dealkylation sites (tertiary alicyclic amines) is 1. The quantitative estimate of drug-likeness (QED) is 0.788. The summed E-state index contributed by atoms with van der Waals surface area (Å²) in [6, 6.07) is 10.3. The normalized spacial score (nSPS) is 23.7. The van der Waals surface area contributed by atoms with Gasteiger partial charge in [-0.1, -0.05) is 30.3 Å². The number of hydrogen-bond donors (Lipinski definition) is 0. The van der Waals surface area contributed by atoms with Crippen LogP contribution in [0.3, 0.4) is 0 Å². The van der Waals surface area contributed by atoms with Gasteiger partial charge in [0, 0.05) is 25.3 Å². The van der Waals surface area contributed by atoms with Crippen LogP contribution in [-0.4, -0.2) is 35.9 Å². The molecule has 1 fully saturated rings. The number of nitrogens with zero attached hydrogens (tertiary/aromatic N) is 3. The molecule has 92 valence electrons. The molecule has 18 heavy (non-hydrogen) atoms. The minimum absolute atomic E-state index is 0.0437. The van der Waals surface area contributed by atoms with Crippen LogP contribution in [0.5, 0.6) is 0 Å². The molecule has 0 saturated carbocycles. The fourth-order valence-corrected chi connectivity index (χ4v) is 2.51. The van der Waals surface area contributed by atoms with Crippen LogP contribution < -0.4 is 0 Å². The van der Waals surface area contributed by atoms with E-state index in [2.05, 4.69) is 27.0 Å². The van der Waals surface area contributed by atoms with Crippen molar-refractivity contribution in [1.82, 2.24) is 4.90 Å². The molecule has 1 atom stereocenters. The van der Waals surface area contributed by atoms with Gasteiger partial charge in [0.2, 0.25) is 0 Å². The Kier molecular flexibility index (Phi) is 3.02. The van der Waals surface area contributed by atoms with E-state index in [1.807, 2.05) is 18.2 Å². The van der Waals surface area contributed by atoms with Crippen LogP contribution in [0.1, 0.15) is 12.0 Å². The number of aliphatic imine (C=N–C) groups is 2. The number of rotatable bonds is 2. The Labute approximate surface area is 106 Å². The molecule has 0 bridgehead atoms. The molecule has 4 heteroatoms. The summed E-state index contributed by atoms with van der Waals surface area (Å²) < 4.78 is 0. The summed E-state index contributed by atoms with van der Waals surface area (Å²) in [4.78, 5) is 22.0. The van der Waals surface area contributed by atoms with Gasteiger partial charge in [-0.25, -0.2) is 9.98 Å². The van der Waals surface area contributed by atoms with E-state index in [4.69, 9.17) is 0 Å². The summed E-state index contributed by atoms with van der Waals surface area (Å²) in [5, 5.41) is 0. The Morgan fingerprint density at radius 3 is 2.94 bits per heavy atom. The van der Waals surface area contributed by atoms with Crippen molar-refractivity contribution in [3.8, 4) is 0 Å². The SMILES string of the molecule is O=C1N=CN=C2CCN(Cc3ccccc3)C[C@@H]12. The van der Waals surface area contributed by atoms with E-state index in [9.17, 15) is 4.79 Å². The second-order valence-electron chi connectivity index (χ2n) is 4.73. The zero-order valence-electron chi connectivity index (χ0n) is 10.1. The van der Waals surface area contributed by atoms with E-state index in [1.165, 1.54) is 11.9 Å². The highest BCUT2D eigenvalue weighted by molar-refractivity contribution is 6.12. The Morgan fingerprint density at radius 2 is 2.11 bits per heavy atom. The van der Waals surface area contributed by atoms with Crippen LogP contribution in [-0.2, 0) is 11.3 Å². The molecular weight excluding hydrogens is 226 g/mol. The van der Waals surface area contributed by atoms with E-state index in [0.29, 0.717) is 0 Å². The fourth-order valence-electron chi connectivity index (χ4n) is 2.51. The summed E-state index contributed by atoms with van der Waals surface area (Å²) in [6.45, 7) is 2.59. The summed E-state index contributed by atoms with van der Waals surface area (Å²) in [5.74, 6) is -0.162. The first kappa shape index (κ1) is 11.3. The van der Waals surface area contributed by atoms with Gasteiger partial charge in [-0.3, -0.25) is 9.69 Å². The van der Waals surface area contributed by atoms with Crippen molar-refractivity contribution in [2.24, 2.45) is 15.9 Å². The Bertz CT molecular complexity index is 507. The number of carbonyl (C=O) groups is 1. The standard InChI is InChI=1S/C14H15N3O/c18-14-12-9-17(7-6-13(12)15-10-16-14)8-11-4-2-1-3-5-11/h1-5,10,12H,6-9H2/t12-/m1/s1. The monoisotopic (exact) mass is 241 g/mol. The number of piperidine rings is 1. The summed E-state index contributed by atoms with van der Waals surface area (Å²) in [6.07, 6.45) is 2.26. The van der Waals surface area contributed by atoms with Crippen molar-refractivity contribution in [2.45, 2.75) is 13.0 Å². The molecule has 2 aliphatic heterocycles. The minimum atomic E-state index is -0.118. The van der Waals surface area contributed by atoms with Gasteiger partial charge in [0.15, 0.2) is 0 Å². The van der Waals surface area contributed by atoms with Crippen LogP contribution in [0, 0.1) is 5.92 Å². The minimum Gasteiger partial charge on any atom is -0.298 e. The van der Waals surface area contributed by atoms with Crippen LogP contribution >= 0.6 is 0 Å². The molecule has 0 unspecified atom stereocenters. The zero-order valence-corrected chi connectivity index (χ0v) is 10.1. The number of carbonyl (C=O) groups excluding carboxylic acids is 1. The first-order valence-corrected chi connectivity index (χ1v) is 6.22. The lowest BCUT2D eigenvalue weighted by atomic mass is 9.93. The third kappa shape index (κ3) is 2.24. The third-order valence-electron chi connectivity index (χ3n) is 3.48. The lowest BCUT2D eigenvalue weighted by Gasteiger charge is -2.33. The van der Waals surface area contributed by atoms with Crippen molar-refractivity contribution in [1.29, 1.82) is 0 Å². The van der Waals surface area contributed by atoms with Crippen LogP contribution in [0.15, 0.2) is 40.3 Å². The molecule has 0 N–H and O–H groups in total. The lowest BCUT2D eigenvalue weighted by molar-refractivity contribution is -0.120. The van der Waals surface area contributed by atoms with Gasteiger partial charge in [0.25, 0.3) is 5.91 Å². The van der Waals surface area contributed by atoms with Crippen LogP contribution in [0.2, 0.25) is 0 Å². The molecule has 1 saturated heterocycles. The molecule has 2 aliphatic rings. The Morgan fingerprint density at radius 1 is 1.28 bits per heavy atom. The predicted octanol–water partition coefficient (Wildman–Crippen LogP) is 1.52. The Hall–Kier alpha value is -1.81. The number of amides is 1. The van der Waals surface area contributed by atoms with Crippen molar-refractivity contribution in [3.63, 3.8) is 0 Å². The predicted molar refractivity (Wildman–Crippen MR) is 70.8 cm³/mol. The first-order valence-electron chi connectivity index (χ1n) is 6.22. The highest BCUT2D eigenvalue weighted by Gasteiger charge is 2.32. The van der Waals surface area contributed by atoms with E-state index in [1.54, 1.807) is 0 Å². The molecule has 0 radical (unpaired) electrons. The smallest absolute Gasteiger partial charge is 0.257 e. The topological polar surface area (TPSA) is 45.0 Å². The molecular formula is C14H15N3O. The van der Waals surface area contributed by atoms with Gasteiger partial charge in [0.05, 0.1) is 5.92 Å². The maximum atomic E-state index is 11.7. The number of fused-ring (bicyclic) bond motifs is 1. The molecule has 0 aliphatic carbocycles. The van der Waals surface area contributed by atoms with Gasteiger partial charge in [-0.05, 0) is 12.0 Å². The molecule has 1 aromatic rings. The number of benzene rings is 1. The second kappa shape index (κ2) is 4.82. The molecule has 0 aromatic heterocycles. The van der Waals surface area contributed by atoms with E-state index < -0.39 is 0 Å². The van der Waals surface area contributed by atoms with E-state index in [-0.39, 0.29) is 11.8 Å². The largest absolute Gasteiger partial charge is 0.298 e. The first-order chi connectivity index (χ1) is 8.83. The lowest BCUT2D eigenvalue weighted by Crippen LogP contribution is -2.44. The van der Waals surface area contributed by atoms with Crippen molar-refractivity contribution in [3.05, 3.63) is 35.9 Å². The van der Waals surface area contributed by atoms with Crippen LogP contribution in [0.4, 0.5) is 0 Å². The molecule has 1 amide bonds. The fraction of sp³-hybridized carbons (Fsp3) is 0.357. The second-order valence-corrected chi connectivity index (χ2v) is 4.73. The maximum absolute atomic E-state index is 11.7. The highest BCUT2D eigenvalue weighted by atomic mass is 16.1. The summed E-state index contributed by atoms with van der Waals surface area (Å²) >= 11 is 0. The summed E-state index contributed by atoms with van der Waals surface area (Å²) in [7, 11) is 0. The number of hydrogen-bond acceptors (Lipinski definition) is 3. The average Bonchev–Trinajstić information content (AvgIpc) is 2.41. The molecule has 1 aromatic carbocycles. The maximum Gasteiger partial charge on any atom is 0.257 e. The van der Waals surface area contributed by atoms with Gasteiger partial charge in [-0.2, -0.15) is 0 Å². The van der Waals surface area contributed by atoms with E-state index in [0.717, 1.165) is 31.8 Å². The third-order valence-corrected chi connectivity index (χ3v) is 3.48. The van der Waals surface area contributed by atoms with E-state index >= 15 is 0 Å². The zero-order chi connectivity index (χ0) is 12.4. The van der Waals surface area contributed by atoms with Gasteiger partial charge >= 0.3 is 0 Å².